The van der Waals surface area contributed by atoms with Crippen molar-refractivity contribution in [2.75, 3.05) is 0 Å². The molecule has 1 atom stereocenters. The number of hydrogen-bond donors (Lipinski definition) is 0. The molecule has 3 aromatic carbocycles. The van der Waals surface area contributed by atoms with Crippen LogP contribution < -0.4 is 4.74 Å². The molecule has 0 aliphatic rings. The van der Waals surface area contributed by atoms with Crippen LogP contribution in [0.2, 0.25) is 15.1 Å². The van der Waals surface area contributed by atoms with Crippen molar-refractivity contribution in [3.8, 4) is 5.75 Å². The summed E-state index contributed by atoms with van der Waals surface area (Å²) in [7, 11) is 0. The molecule has 142 valence electrons. The molecule has 4 rings (SSSR count). The second kappa shape index (κ2) is 8.04. The number of imidazole rings is 1. The lowest BCUT2D eigenvalue weighted by atomic mass is 10.2. The van der Waals surface area contributed by atoms with Crippen LogP contribution in [0.15, 0.2) is 66.7 Å². The number of hydrogen-bond acceptors (Lipinski definition) is 2. The van der Waals surface area contributed by atoms with Gasteiger partial charge in [0.05, 0.1) is 21.1 Å². The van der Waals surface area contributed by atoms with Crippen LogP contribution in [0.5, 0.6) is 5.75 Å². The summed E-state index contributed by atoms with van der Waals surface area (Å²) in [5.74, 6) is 1.58. The van der Waals surface area contributed by atoms with Gasteiger partial charge >= 0.3 is 0 Å². The molecule has 0 N–H and O–H groups in total. The van der Waals surface area contributed by atoms with Crippen LogP contribution in [0, 0.1) is 0 Å². The number of rotatable bonds is 5. The van der Waals surface area contributed by atoms with Gasteiger partial charge in [0.15, 0.2) is 11.9 Å². The van der Waals surface area contributed by atoms with Gasteiger partial charge in [-0.15, -0.1) is 0 Å². The lowest BCUT2D eigenvalue weighted by molar-refractivity contribution is 0.212. The maximum atomic E-state index is 6.20. The van der Waals surface area contributed by atoms with Crippen molar-refractivity contribution in [2.24, 2.45) is 0 Å². The fourth-order valence-corrected chi connectivity index (χ4v) is 3.61. The molecule has 0 saturated heterocycles. The number of benzene rings is 3. The predicted molar refractivity (Wildman–Crippen MR) is 116 cm³/mol. The molecular formula is C22H17Cl3N2O. The largest absolute Gasteiger partial charge is 0.483 e. The Bertz CT molecular complexity index is 1120. The second-order valence-electron chi connectivity index (χ2n) is 6.51. The van der Waals surface area contributed by atoms with E-state index in [1.807, 2.05) is 67.6 Å². The van der Waals surface area contributed by atoms with Gasteiger partial charge in [-0.1, -0.05) is 53.0 Å². The summed E-state index contributed by atoms with van der Waals surface area (Å²) in [5, 5.41) is 1.75. The summed E-state index contributed by atoms with van der Waals surface area (Å²) in [6.07, 6.45) is -0.253. The van der Waals surface area contributed by atoms with E-state index in [1.165, 1.54) is 0 Å². The predicted octanol–water partition coefficient (Wildman–Crippen LogP) is 7.18. The van der Waals surface area contributed by atoms with Gasteiger partial charge in [-0.25, -0.2) is 4.98 Å². The van der Waals surface area contributed by atoms with E-state index >= 15 is 0 Å². The fraction of sp³-hybridized carbons (Fsp3) is 0.136. The lowest BCUT2D eigenvalue weighted by Crippen LogP contribution is -2.12. The number of halogens is 3. The van der Waals surface area contributed by atoms with E-state index in [0.717, 1.165) is 28.2 Å². The Hall–Kier alpha value is -2.20. The van der Waals surface area contributed by atoms with Crippen molar-refractivity contribution < 1.29 is 4.74 Å². The molecule has 6 heteroatoms. The molecule has 1 heterocycles. The maximum Gasteiger partial charge on any atom is 0.153 e. The minimum absolute atomic E-state index is 0.253. The minimum atomic E-state index is -0.253. The minimum Gasteiger partial charge on any atom is -0.483 e. The average molecular weight is 432 g/mol. The zero-order valence-corrected chi connectivity index (χ0v) is 17.3. The van der Waals surface area contributed by atoms with Crippen LogP contribution in [0.4, 0.5) is 0 Å². The first-order valence-corrected chi connectivity index (χ1v) is 9.96. The lowest BCUT2D eigenvalue weighted by Gasteiger charge is -2.17. The Labute approximate surface area is 178 Å². The summed E-state index contributed by atoms with van der Waals surface area (Å²) < 4.78 is 8.27. The SMILES string of the molecule is CC(Oc1ccc(Cl)cc1)c1nc2ccccc2n1Cc1ccc(Cl)c(Cl)c1. The molecule has 0 bridgehead atoms. The molecule has 0 amide bonds. The van der Waals surface area contributed by atoms with Crippen molar-refractivity contribution in [3.63, 3.8) is 0 Å². The van der Waals surface area contributed by atoms with Gasteiger partial charge in [-0.05, 0) is 61.0 Å². The molecule has 1 unspecified atom stereocenters. The van der Waals surface area contributed by atoms with Gasteiger partial charge in [0.25, 0.3) is 0 Å². The molecule has 3 nitrogen and oxygen atoms in total. The van der Waals surface area contributed by atoms with Gasteiger partial charge in [-0.2, -0.15) is 0 Å². The molecule has 28 heavy (non-hydrogen) atoms. The highest BCUT2D eigenvalue weighted by atomic mass is 35.5. The van der Waals surface area contributed by atoms with E-state index in [4.69, 9.17) is 44.5 Å². The van der Waals surface area contributed by atoms with Gasteiger partial charge in [0.2, 0.25) is 0 Å². The Morgan fingerprint density at radius 2 is 1.68 bits per heavy atom. The van der Waals surface area contributed by atoms with Crippen LogP contribution in [-0.2, 0) is 6.54 Å². The Morgan fingerprint density at radius 1 is 0.929 bits per heavy atom. The van der Waals surface area contributed by atoms with Crippen molar-refractivity contribution >= 4 is 45.8 Å². The van der Waals surface area contributed by atoms with Crippen LogP contribution in [-0.4, -0.2) is 9.55 Å². The maximum absolute atomic E-state index is 6.20. The van der Waals surface area contributed by atoms with Gasteiger partial charge in [0.1, 0.15) is 5.75 Å². The van der Waals surface area contributed by atoms with Crippen LogP contribution in [0.1, 0.15) is 24.4 Å². The van der Waals surface area contributed by atoms with E-state index in [2.05, 4.69) is 10.6 Å². The molecule has 0 aliphatic carbocycles. The molecule has 0 saturated carbocycles. The van der Waals surface area contributed by atoms with Crippen molar-refractivity contribution in [2.45, 2.75) is 19.6 Å². The molecular weight excluding hydrogens is 415 g/mol. The zero-order chi connectivity index (χ0) is 19.7. The third kappa shape index (κ3) is 3.97. The van der Waals surface area contributed by atoms with Crippen molar-refractivity contribution in [1.82, 2.24) is 9.55 Å². The van der Waals surface area contributed by atoms with Crippen LogP contribution in [0.3, 0.4) is 0 Å². The van der Waals surface area contributed by atoms with E-state index in [0.29, 0.717) is 21.6 Å². The highest BCUT2D eigenvalue weighted by Gasteiger charge is 2.18. The standard InChI is InChI=1S/C22H17Cl3N2O/c1-14(28-17-9-7-16(23)8-10-17)22-26-20-4-2-3-5-21(20)27(22)13-15-6-11-18(24)19(25)12-15/h2-12,14H,13H2,1H3. The highest BCUT2D eigenvalue weighted by molar-refractivity contribution is 6.42. The number of aromatic nitrogens is 2. The van der Waals surface area contributed by atoms with Gasteiger partial charge in [0, 0.05) is 11.6 Å². The van der Waals surface area contributed by atoms with E-state index in [1.54, 1.807) is 0 Å². The number of ether oxygens (including phenoxy) is 1. The quantitative estimate of drug-likeness (QED) is 0.334. The average Bonchev–Trinajstić information content (AvgIpc) is 3.05. The first-order chi connectivity index (χ1) is 13.5. The summed E-state index contributed by atoms with van der Waals surface area (Å²) in [5.41, 5.74) is 3.00. The normalized spacial score (nSPS) is 12.3. The summed E-state index contributed by atoms with van der Waals surface area (Å²) in [6, 6.07) is 21.0. The van der Waals surface area contributed by atoms with Crippen molar-refractivity contribution in [3.05, 3.63) is 93.2 Å². The Morgan fingerprint density at radius 3 is 2.43 bits per heavy atom. The number of para-hydroxylation sites is 2. The molecule has 0 spiro atoms. The van der Waals surface area contributed by atoms with Crippen molar-refractivity contribution in [1.29, 1.82) is 0 Å². The van der Waals surface area contributed by atoms with E-state index in [-0.39, 0.29) is 6.10 Å². The summed E-state index contributed by atoms with van der Waals surface area (Å²) >= 11 is 18.2. The van der Waals surface area contributed by atoms with E-state index < -0.39 is 0 Å². The first kappa shape index (κ1) is 19.1. The van der Waals surface area contributed by atoms with Gasteiger partial charge in [-0.3, -0.25) is 0 Å². The van der Waals surface area contributed by atoms with Crippen LogP contribution >= 0.6 is 34.8 Å². The summed E-state index contributed by atoms with van der Waals surface area (Å²) in [6.45, 7) is 2.60. The van der Waals surface area contributed by atoms with E-state index in [9.17, 15) is 0 Å². The third-order valence-corrected chi connectivity index (χ3v) is 5.49. The highest BCUT2D eigenvalue weighted by Crippen LogP contribution is 2.28. The smallest absolute Gasteiger partial charge is 0.153 e. The topological polar surface area (TPSA) is 27.1 Å². The molecule has 0 radical (unpaired) electrons. The summed E-state index contributed by atoms with van der Waals surface area (Å²) in [4.78, 5) is 4.82. The first-order valence-electron chi connectivity index (χ1n) is 8.82. The van der Waals surface area contributed by atoms with Crippen LogP contribution in [0.25, 0.3) is 11.0 Å². The number of fused-ring (bicyclic) bond motifs is 1. The zero-order valence-electron chi connectivity index (χ0n) is 15.1. The monoisotopic (exact) mass is 430 g/mol. The second-order valence-corrected chi connectivity index (χ2v) is 7.76. The molecule has 0 fully saturated rings. The third-order valence-electron chi connectivity index (χ3n) is 4.50. The Balaban J connectivity index is 1.71. The fourth-order valence-electron chi connectivity index (χ4n) is 3.16. The molecule has 0 aliphatic heterocycles. The Kier molecular flexibility index (Phi) is 5.49. The number of nitrogens with zero attached hydrogens (tertiary/aromatic N) is 2. The van der Waals surface area contributed by atoms with Gasteiger partial charge < -0.3 is 9.30 Å². The molecule has 4 aromatic rings. The molecule has 1 aromatic heterocycles.